The van der Waals surface area contributed by atoms with Gasteiger partial charge in [0, 0.05) is 89.0 Å². The Bertz CT molecular complexity index is 4840. The number of carbonyl (C=O) groups excluding carboxylic acids is 3. The Balaban J connectivity index is 0.997. The Hall–Kier alpha value is -13.0. The summed E-state index contributed by atoms with van der Waals surface area (Å²) in [7, 11) is 0. The van der Waals surface area contributed by atoms with E-state index in [9.17, 15) is 111 Å². The molecule has 0 unspecified atom stereocenters. The number of ether oxygens (including phenoxy) is 6. The summed E-state index contributed by atoms with van der Waals surface area (Å²) in [5.41, 5.74) is -6.23. The molecular formula is C64H46O29. The predicted octanol–water partition coefficient (Wildman–Crippen LogP) is 6.12. The van der Waals surface area contributed by atoms with Crippen molar-refractivity contribution in [3.63, 3.8) is 0 Å². The number of hydrogen-bond donors (Lipinski definition) is 18. The van der Waals surface area contributed by atoms with E-state index < -0.39 is 232 Å². The van der Waals surface area contributed by atoms with Crippen LogP contribution in [0.15, 0.2) is 107 Å². The van der Waals surface area contributed by atoms with Gasteiger partial charge in [0.15, 0.2) is 87.3 Å². The van der Waals surface area contributed by atoms with Crippen LogP contribution in [0.25, 0.3) is 21.5 Å². The lowest BCUT2D eigenvalue weighted by Crippen LogP contribution is -2.35. The van der Waals surface area contributed by atoms with E-state index in [0.717, 1.165) is 91.0 Å². The van der Waals surface area contributed by atoms with Gasteiger partial charge in [0.2, 0.25) is 10.9 Å². The number of rotatable bonds is 9. The second kappa shape index (κ2) is 22.3. The maximum Gasteiger partial charge on any atom is 0.338 e. The molecule has 0 radical (unpaired) electrons. The lowest BCUT2D eigenvalue weighted by atomic mass is 9.89. The van der Waals surface area contributed by atoms with Crippen LogP contribution in [0.4, 0.5) is 0 Å². The summed E-state index contributed by atoms with van der Waals surface area (Å²) in [5.74, 6) is -21.2. The van der Waals surface area contributed by atoms with Crippen molar-refractivity contribution in [1.29, 1.82) is 0 Å². The molecular weight excluding hydrogens is 1230 g/mol. The summed E-state index contributed by atoms with van der Waals surface area (Å²) in [6.07, 6.45) is -12.3. The Labute approximate surface area is 516 Å². The van der Waals surface area contributed by atoms with Gasteiger partial charge in [0.1, 0.15) is 70.1 Å². The first-order chi connectivity index (χ1) is 44.0. The van der Waals surface area contributed by atoms with Crippen LogP contribution < -0.4 is 25.1 Å². The second-order valence-corrected chi connectivity index (χ2v) is 21.8. The van der Waals surface area contributed by atoms with Gasteiger partial charge in [-0.2, -0.15) is 0 Å². The van der Waals surface area contributed by atoms with E-state index in [0.29, 0.717) is 6.07 Å². The zero-order valence-electron chi connectivity index (χ0n) is 46.9. The van der Waals surface area contributed by atoms with E-state index in [1.807, 2.05) is 0 Å². The molecule has 476 valence electrons. The Morgan fingerprint density at radius 2 is 0.624 bits per heavy atom. The SMILES string of the molecule is O=C(O[C@@H]1Cc2c(O)cc(O)cc2O[C@@H]1c1cc(O)c(=O)c2c(O)c(O)cc([C@H]3Oc4cc(O)cc(O)c4C[C@H]3OC(=O)c3cc(O)c(O)c(O)c3)c2c1)c1cc(O)c(=O)c2c(O)c(O)cc([C@H]3Oc4cc(O)cc(O)c4C[C@H]3OC(=O)c3cc(O)c(O)c(O)c3)c2c1. The van der Waals surface area contributed by atoms with Crippen molar-refractivity contribution in [3.8, 4) is 121 Å². The molecule has 29 nitrogen and oxygen atoms in total. The number of aromatic hydroxyl groups is 18. The third-order valence-corrected chi connectivity index (χ3v) is 15.9. The second-order valence-electron chi connectivity index (χ2n) is 21.8. The average molecular weight is 1280 g/mol. The van der Waals surface area contributed by atoms with Crippen LogP contribution in [-0.4, -0.2) is 128 Å². The van der Waals surface area contributed by atoms with E-state index in [1.165, 1.54) is 0 Å². The number of esters is 3. The summed E-state index contributed by atoms with van der Waals surface area (Å²) in [5, 5.41) is 191. The lowest BCUT2D eigenvalue weighted by Gasteiger charge is -2.35. The first-order valence-electron chi connectivity index (χ1n) is 27.3. The molecule has 29 heteroatoms. The molecule has 6 atom stereocenters. The summed E-state index contributed by atoms with van der Waals surface area (Å²) >= 11 is 0. The van der Waals surface area contributed by atoms with Crippen LogP contribution in [0.2, 0.25) is 0 Å². The van der Waals surface area contributed by atoms with Crippen molar-refractivity contribution in [2.45, 2.75) is 55.9 Å². The molecule has 0 amide bonds. The Morgan fingerprint density at radius 1 is 0.323 bits per heavy atom. The van der Waals surface area contributed by atoms with Crippen molar-refractivity contribution < 1.29 is 135 Å². The highest BCUT2D eigenvalue weighted by atomic mass is 16.6. The molecule has 0 bridgehead atoms. The highest BCUT2D eigenvalue weighted by Crippen LogP contribution is 2.51. The zero-order chi connectivity index (χ0) is 66.7. The lowest BCUT2D eigenvalue weighted by molar-refractivity contribution is -0.0193. The molecule has 9 aromatic carbocycles. The summed E-state index contributed by atoms with van der Waals surface area (Å²) in [6, 6.07) is 13.7. The molecule has 9 aromatic rings. The molecule has 0 fully saturated rings. The average Bonchev–Trinajstić information content (AvgIpc) is 1.71. The normalized spacial score (nSPS) is 17.9. The van der Waals surface area contributed by atoms with Gasteiger partial charge >= 0.3 is 17.9 Å². The predicted molar refractivity (Wildman–Crippen MR) is 311 cm³/mol. The fraction of sp³-hybridized carbons (Fsp3) is 0.141. The minimum absolute atomic E-state index is 0.0764. The largest absolute Gasteiger partial charge is 0.508 e. The van der Waals surface area contributed by atoms with Crippen LogP contribution in [0.5, 0.6) is 121 Å². The van der Waals surface area contributed by atoms with Gasteiger partial charge in [0.25, 0.3) is 0 Å². The van der Waals surface area contributed by atoms with Crippen LogP contribution in [-0.2, 0) is 33.5 Å². The maximum atomic E-state index is 15.1. The monoisotopic (exact) mass is 1280 g/mol. The molecule has 18 N–H and O–H groups in total. The number of phenols is 16. The molecule has 93 heavy (non-hydrogen) atoms. The molecule has 0 saturated heterocycles. The minimum atomic E-state index is -1.86. The van der Waals surface area contributed by atoms with Crippen molar-refractivity contribution in [1.82, 2.24) is 0 Å². The third-order valence-electron chi connectivity index (χ3n) is 15.9. The Morgan fingerprint density at radius 3 is 1.00 bits per heavy atom. The number of benzene rings is 7. The van der Waals surface area contributed by atoms with Crippen molar-refractivity contribution in [2.24, 2.45) is 0 Å². The molecule has 12 rings (SSSR count). The van der Waals surface area contributed by atoms with Gasteiger partial charge in [-0.25, -0.2) is 14.4 Å². The molecule has 0 aliphatic carbocycles. The molecule has 3 heterocycles. The quantitative estimate of drug-likeness (QED) is 0.0439. The van der Waals surface area contributed by atoms with Crippen LogP contribution >= 0.6 is 0 Å². The first kappa shape index (κ1) is 60.3. The zero-order valence-corrected chi connectivity index (χ0v) is 46.9. The van der Waals surface area contributed by atoms with E-state index in [-0.39, 0.29) is 45.1 Å². The van der Waals surface area contributed by atoms with Crippen molar-refractivity contribution in [3.05, 3.63) is 168 Å². The number of phenolic OH excluding ortho intramolecular Hbond substituents is 16. The van der Waals surface area contributed by atoms with Gasteiger partial charge in [-0.1, -0.05) is 0 Å². The van der Waals surface area contributed by atoms with Crippen LogP contribution in [0.3, 0.4) is 0 Å². The van der Waals surface area contributed by atoms with Gasteiger partial charge in [-0.3, -0.25) is 9.59 Å². The van der Waals surface area contributed by atoms with Crippen LogP contribution in [0.1, 0.15) is 82.8 Å². The van der Waals surface area contributed by atoms with Crippen molar-refractivity contribution in [2.75, 3.05) is 0 Å². The number of hydrogen-bond acceptors (Lipinski definition) is 29. The van der Waals surface area contributed by atoms with Crippen molar-refractivity contribution >= 4 is 39.5 Å². The topological polar surface area (TPSA) is 505 Å². The van der Waals surface area contributed by atoms with Gasteiger partial charge in [-0.15, -0.1) is 0 Å². The van der Waals surface area contributed by atoms with Gasteiger partial charge < -0.3 is 120 Å². The van der Waals surface area contributed by atoms with Gasteiger partial charge in [-0.05, 0) is 71.4 Å². The fourth-order valence-corrected chi connectivity index (χ4v) is 11.5. The Kier molecular flexibility index (Phi) is 14.4. The smallest absolute Gasteiger partial charge is 0.338 e. The maximum absolute atomic E-state index is 15.1. The number of fused-ring (bicyclic) bond motifs is 5. The molecule has 3 aliphatic heterocycles. The van der Waals surface area contributed by atoms with E-state index in [2.05, 4.69) is 0 Å². The van der Waals surface area contributed by atoms with E-state index in [4.69, 9.17) is 28.4 Å². The highest BCUT2D eigenvalue weighted by Gasteiger charge is 2.43. The summed E-state index contributed by atoms with van der Waals surface area (Å²) < 4.78 is 36.6. The summed E-state index contributed by atoms with van der Waals surface area (Å²) in [6.45, 7) is 0. The van der Waals surface area contributed by atoms with E-state index >= 15 is 4.79 Å². The first-order valence-corrected chi connectivity index (χ1v) is 27.3. The molecule has 0 aromatic heterocycles. The highest BCUT2D eigenvalue weighted by molar-refractivity contribution is 6.00. The number of carbonyl (C=O) groups is 3. The van der Waals surface area contributed by atoms with E-state index in [1.54, 1.807) is 0 Å². The molecule has 3 aliphatic rings. The van der Waals surface area contributed by atoms with Crippen LogP contribution in [0, 0.1) is 0 Å². The molecule has 0 saturated carbocycles. The third kappa shape index (κ3) is 10.5. The fourth-order valence-electron chi connectivity index (χ4n) is 11.5. The van der Waals surface area contributed by atoms with Gasteiger partial charge in [0.05, 0.1) is 27.5 Å². The summed E-state index contributed by atoms with van der Waals surface area (Å²) in [4.78, 5) is 71.4. The minimum Gasteiger partial charge on any atom is -0.508 e. The standard InChI is InChI=1S/C64H46O29/c65-24-9-34(68)31-17-48(91-62(85)21-2-28-30(16-44(78)58(84)52(28)56(82)42(76)4-21)61-50(19-33-36(70)11-26(67)14-47(33)90-61)93-64(87)23-7-39(73)54(80)40(74)8-23)59(88-45(31)12-24)20-1-27-29(15-43(77)57(83)51(27)55(81)41(75)3-20)60-49(18-32-35(69)10-25(66)13-46(32)89-60)92-63(86)22-5-37(71)53(79)38(72)6-22/h1-16,48-50,59-61,65-74,77-80,83-84H,17-19H2,(H,75,81)(H,76,82)/t48-,49-,50-,59-,60-,61-/m1/s1. The molecule has 0 spiro atoms.